The van der Waals surface area contributed by atoms with E-state index in [1.165, 1.54) is 12.8 Å². The highest BCUT2D eigenvalue weighted by Crippen LogP contribution is 2.28. The van der Waals surface area contributed by atoms with Crippen molar-refractivity contribution in [2.45, 2.75) is 12.8 Å². The minimum absolute atomic E-state index is 0.0437. The Morgan fingerprint density at radius 3 is 2.71 bits per heavy atom. The molecule has 2 aromatic heterocycles. The predicted molar refractivity (Wildman–Crippen MR) is 107 cm³/mol. The van der Waals surface area contributed by atoms with Gasteiger partial charge in [0, 0.05) is 23.4 Å². The Bertz CT molecular complexity index is 1150. The monoisotopic (exact) mass is 369 g/mol. The molecule has 1 saturated carbocycles. The third-order valence-electron chi connectivity index (χ3n) is 5.02. The van der Waals surface area contributed by atoms with E-state index in [2.05, 4.69) is 20.3 Å². The number of hydrogen-bond donors (Lipinski definition) is 1. The normalized spacial score (nSPS) is 13.6. The van der Waals surface area contributed by atoms with Gasteiger partial charge in [-0.15, -0.1) is 0 Å². The molecule has 28 heavy (non-hydrogen) atoms. The van der Waals surface area contributed by atoms with Crippen LogP contribution in [0.15, 0.2) is 67.3 Å². The number of nitrogens with one attached hydrogen (secondary N) is 1. The molecule has 2 aromatic carbocycles. The van der Waals surface area contributed by atoms with Crippen molar-refractivity contribution in [3.8, 4) is 16.9 Å². The number of fused-ring (bicyclic) bond motifs is 1. The van der Waals surface area contributed by atoms with E-state index in [4.69, 9.17) is 0 Å². The fourth-order valence-corrected chi connectivity index (χ4v) is 3.29. The molecule has 6 heteroatoms. The van der Waals surface area contributed by atoms with Crippen molar-refractivity contribution < 1.29 is 4.79 Å². The maximum absolute atomic E-state index is 12.4. The van der Waals surface area contributed by atoms with Crippen molar-refractivity contribution in [3.63, 3.8) is 0 Å². The molecule has 0 unspecified atom stereocenters. The molecule has 1 N–H and O–H groups in total. The van der Waals surface area contributed by atoms with Crippen LogP contribution in [0.1, 0.15) is 23.2 Å². The zero-order valence-corrected chi connectivity index (χ0v) is 15.2. The molecule has 138 valence electrons. The summed E-state index contributed by atoms with van der Waals surface area (Å²) in [6, 6.07) is 17.5. The van der Waals surface area contributed by atoms with Gasteiger partial charge < -0.3 is 5.32 Å². The quantitative estimate of drug-likeness (QED) is 0.583. The molecule has 1 aliphatic carbocycles. The molecule has 2 heterocycles. The minimum Gasteiger partial charge on any atom is -0.352 e. The largest absolute Gasteiger partial charge is 0.352 e. The maximum Gasteiger partial charge on any atom is 0.251 e. The summed E-state index contributed by atoms with van der Waals surface area (Å²) in [7, 11) is 0. The van der Waals surface area contributed by atoms with Crippen LogP contribution in [0.2, 0.25) is 0 Å². The summed E-state index contributed by atoms with van der Waals surface area (Å²) in [5.74, 6) is 0.607. The standard InChI is InChI=1S/C22H19N5O/c28-22(23-12-15-9-10-15)17-7-4-8-18(11-17)27-14-26-20-19(24-13-25-21(20)27)16-5-2-1-3-6-16/h1-8,11,13-15H,9-10,12H2,(H,23,28). The number of carbonyl (C=O) groups is 1. The van der Waals surface area contributed by atoms with E-state index in [-0.39, 0.29) is 5.91 Å². The molecule has 0 radical (unpaired) electrons. The molecule has 0 spiro atoms. The first-order chi connectivity index (χ1) is 13.8. The van der Waals surface area contributed by atoms with E-state index in [0.29, 0.717) is 17.1 Å². The second-order valence-electron chi connectivity index (χ2n) is 7.08. The maximum atomic E-state index is 12.4. The lowest BCUT2D eigenvalue weighted by Crippen LogP contribution is -2.25. The highest BCUT2D eigenvalue weighted by Gasteiger charge is 2.22. The second kappa shape index (κ2) is 6.88. The Morgan fingerprint density at radius 1 is 1.04 bits per heavy atom. The van der Waals surface area contributed by atoms with Crippen molar-refractivity contribution in [1.82, 2.24) is 24.8 Å². The average molecular weight is 369 g/mol. The average Bonchev–Trinajstić information content (AvgIpc) is 3.49. The summed E-state index contributed by atoms with van der Waals surface area (Å²) in [6.45, 7) is 0.755. The van der Waals surface area contributed by atoms with Crippen LogP contribution in [0, 0.1) is 5.92 Å². The van der Waals surface area contributed by atoms with Crippen molar-refractivity contribution >= 4 is 17.1 Å². The zero-order valence-electron chi connectivity index (χ0n) is 15.2. The van der Waals surface area contributed by atoms with Gasteiger partial charge >= 0.3 is 0 Å². The van der Waals surface area contributed by atoms with Crippen LogP contribution >= 0.6 is 0 Å². The van der Waals surface area contributed by atoms with Gasteiger partial charge in [-0.3, -0.25) is 9.36 Å². The van der Waals surface area contributed by atoms with Gasteiger partial charge in [-0.2, -0.15) is 0 Å². The van der Waals surface area contributed by atoms with Gasteiger partial charge in [-0.25, -0.2) is 15.0 Å². The lowest BCUT2D eigenvalue weighted by atomic mass is 10.1. The van der Waals surface area contributed by atoms with E-state index in [1.54, 1.807) is 12.7 Å². The number of nitrogens with zero attached hydrogens (tertiary/aromatic N) is 4. The molecule has 1 amide bonds. The summed E-state index contributed by atoms with van der Waals surface area (Å²) >= 11 is 0. The lowest BCUT2D eigenvalue weighted by Gasteiger charge is -2.08. The number of aromatic nitrogens is 4. The number of carbonyl (C=O) groups excluding carboxylic acids is 1. The highest BCUT2D eigenvalue weighted by atomic mass is 16.1. The zero-order chi connectivity index (χ0) is 18.9. The van der Waals surface area contributed by atoms with E-state index in [9.17, 15) is 4.79 Å². The van der Waals surface area contributed by atoms with Gasteiger partial charge in [0.05, 0.1) is 0 Å². The number of rotatable bonds is 5. The summed E-state index contributed by atoms with van der Waals surface area (Å²) in [5.41, 5.74) is 4.72. The Hall–Kier alpha value is -3.54. The van der Waals surface area contributed by atoms with Crippen LogP contribution in [0.4, 0.5) is 0 Å². The van der Waals surface area contributed by atoms with E-state index in [1.807, 2.05) is 59.2 Å². The van der Waals surface area contributed by atoms with Gasteiger partial charge in [0.1, 0.15) is 23.9 Å². The number of benzene rings is 2. The van der Waals surface area contributed by atoms with E-state index in [0.717, 1.165) is 29.0 Å². The molecule has 1 fully saturated rings. The molecule has 6 nitrogen and oxygen atoms in total. The number of amides is 1. The molecular weight excluding hydrogens is 350 g/mol. The van der Waals surface area contributed by atoms with Crippen LogP contribution in [0.3, 0.4) is 0 Å². The molecule has 0 atom stereocenters. The third-order valence-corrected chi connectivity index (χ3v) is 5.02. The molecule has 0 bridgehead atoms. The summed E-state index contributed by atoms with van der Waals surface area (Å²) in [6.07, 6.45) is 5.71. The van der Waals surface area contributed by atoms with Crippen LogP contribution in [0.5, 0.6) is 0 Å². The Balaban J connectivity index is 1.51. The third kappa shape index (κ3) is 3.13. The van der Waals surface area contributed by atoms with Crippen LogP contribution in [-0.4, -0.2) is 32.0 Å². The van der Waals surface area contributed by atoms with Crippen molar-refractivity contribution in [1.29, 1.82) is 0 Å². The summed E-state index contributed by atoms with van der Waals surface area (Å²) in [4.78, 5) is 25.9. The number of hydrogen-bond acceptors (Lipinski definition) is 4. The fraction of sp³-hybridized carbons (Fsp3) is 0.182. The van der Waals surface area contributed by atoms with Crippen molar-refractivity contribution in [2.24, 2.45) is 5.92 Å². The predicted octanol–water partition coefficient (Wildman–Crippen LogP) is 3.62. The van der Waals surface area contributed by atoms with Gasteiger partial charge in [0.2, 0.25) is 0 Å². The van der Waals surface area contributed by atoms with Crippen LogP contribution < -0.4 is 5.32 Å². The van der Waals surface area contributed by atoms with Gasteiger partial charge in [-0.1, -0.05) is 36.4 Å². The topological polar surface area (TPSA) is 72.7 Å². The second-order valence-corrected chi connectivity index (χ2v) is 7.08. The van der Waals surface area contributed by atoms with Gasteiger partial charge in [-0.05, 0) is 37.0 Å². The Morgan fingerprint density at radius 2 is 1.89 bits per heavy atom. The van der Waals surface area contributed by atoms with E-state index < -0.39 is 0 Å². The van der Waals surface area contributed by atoms with Gasteiger partial charge in [0.25, 0.3) is 5.91 Å². The lowest BCUT2D eigenvalue weighted by molar-refractivity contribution is 0.0952. The smallest absolute Gasteiger partial charge is 0.251 e. The highest BCUT2D eigenvalue weighted by molar-refractivity contribution is 5.95. The first-order valence-corrected chi connectivity index (χ1v) is 9.42. The Kier molecular flexibility index (Phi) is 4.09. The van der Waals surface area contributed by atoms with E-state index >= 15 is 0 Å². The Labute approximate surface area is 162 Å². The first kappa shape index (κ1) is 16.6. The van der Waals surface area contributed by atoms with Gasteiger partial charge in [0.15, 0.2) is 5.65 Å². The SMILES string of the molecule is O=C(NCC1CC1)c1cccc(-n2cnc3c(-c4ccccc4)ncnc32)c1. The van der Waals surface area contributed by atoms with Crippen LogP contribution in [-0.2, 0) is 0 Å². The molecule has 0 aliphatic heterocycles. The van der Waals surface area contributed by atoms with Crippen molar-refractivity contribution in [2.75, 3.05) is 6.54 Å². The molecule has 0 saturated heterocycles. The molecule has 1 aliphatic rings. The summed E-state index contributed by atoms with van der Waals surface area (Å²) in [5, 5.41) is 3.01. The molecule has 5 rings (SSSR count). The molecular formula is C22H19N5O. The van der Waals surface area contributed by atoms with Crippen LogP contribution in [0.25, 0.3) is 28.1 Å². The number of imidazole rings is 1. The summed E-state index contributed by atoms with van der Waals surface area (Å²) < 4.78 is 1.89. The first-order valence-electron chi connectivity index (χ1n) is 9.42. The molecule has 4 aromatic rings. The fourth-order valence-electron chi connectivity index (χ4n) is 3.29. The van der Waals surface area contributed by atoms with Crippen molar-refractivity contribution in [3.05, 3.63) is 72.8 Å². The minimum atomic E-state index is -0.0437.